The fourth-order valence-corrected chi connectivity index (χ4v) is 3.16. The predicted molar refractivity (Wildman–Crippen MR) is 89.9 cm³/mol. The highest BCUT2D eigenvalue weighted by atomic mass is 16.5. The Hall–Kier alpha value is -1.02. The minimum Gasteiger partial charge on any atom is -0.490 e. The summed E-state index contributed by atoms with van der Waals surface area (Å²) in [7, 11) is 0. The summed E-state index contributed by atoms with van der Waals surface area (Å²) in [6.07, 6.45) is 10.6. The van der Waals surface area contributed by atoms with Gasteiger partial charge in [-0.25, -0.2) is 0 Å². The molecule has 0 saturated carbocycles. The first-order valence-electron chi connectivity index (χ1n) is 8.84. The monoisotopic (exact) mass is 289 g/mol. The Morgan fingerprint density at radius 3 is 2.67 bits per heavy atom. The molecule has 21 heavy (non-hydrogen) atoms. The van der Waals surface area contributed by atoms with Gasteiger partial charge in [-0.15, -0.1) is 0 Å². The number of fused-ring (bicyclic) bond motifs is 1. The number of ether oxygens (including phenoxy) is 1. The Balaban J connectivity index is 1.88. The van der Waals surface area contributed by atoms with Crippen LogP contribution in [0, 0.1) is 0 Å². The summed E-state index contributed by atoms with van der Waals surface area (Å²) >= 11 is 0. The Morgan fingerprint density at radius 2 is 1.86 bits per heavy atom. The van der Waals surface area contributed by atoms with E-state index in [-0.39, 0.29) is 0 Å². The van der Waals surface area contributed by atoms with Crippen LogP contribution in [-0.4, -0.2) is 12.6 Å². The minimum absolute atomic E-state index is 0.385. The number of benzene rings is 1. The first-order chi connectivity index (χ1) is 10.3. The second kappa shape index (κ2) is 9.09. The zero-order valence-electron chi connectivity index (χ0n) is 13.7. The van der Waals surface area contributed by atoms with Gasteiger partial charge in [0.2, 0.25) is 0 Å². The average molecular weight is 289 g/mol. The molecule has 1 heterocycles. The van der Waals surface area contributed by atoms with Crippen LogP contribution >= 0.6 is 0 Å². The average Bonchev–Trinajstić information content (AvgIpc) is 2.52. The molecule has 0 spiro atoms. The van der Waals surface area contributed by atoms with Crippen molar-refractivity contribution in [2.24, 2.45) is 0 Å². The Morgan fingerprint density at radius 1 is 1.05 bits per heavy atom. The molecule has 0 radical (unpaired) electrons. The zero-order valence-corrected chi connectivity index (χ0v) is 13.7. The molecule has 1 aromatic rings. The largest absolute Gasteiger partial charge is 0.490 e. The first kappa shape index (κ1) is 16.4. The normalized spacial score (nSPS) is 20.9. The van der Waals surface area contributed by atoms with Crippen LogP contribution < -0.4 is 10.1 Å². The Kier molecular flexibility index (Phi) is 7.08. The summed E-state index contributed by atoms with van der Waals surface area (Å²) in [5, 5.41) is 3.69. The standard InChI is InChI=1S/C19H31NO/c1-3-5-6-7-8-11-16-15-18(20-14-4-2)17-12-9-10-13-19(17)21-16/h9-10,12-13,16,18,20H,3-8,11,14-15H2,1-2H3. The van der Waals surface area contributed by atoms with Gasteiger partial charge in [-0.05, 0) is 31.9 Å². The third-order valence-electron chi connectivity index (χ3n) is 4.36. The van der Waals surface area contributed by atoms with Crippen molar-refractivity contribution < 1.29 is 4.74 Å². The summed E-state index contributed by atoms with van der Waals surface area (Å²) in [4.78, 5) is 0. The first-order valence-corrected chi connectivity index (χ1v) is 8.84. The lowest BCUT2D eigenvalue weighted by Crippen LogP contribution is -2.33. The van der Waals surface area contributed by atoms with Crippen LogP contribution in [0.5, 0.6) is 5.75 Å². The van der Waals surface area contributed by atoms with Gasteiger partial charge in [0.15, 0.2) is 0 Å². The number of rotatable bonds is 9. The van der Waals surface area contributed by atoms with Crippen LogP contribution in [0.15, 0.2) is 24.3 Å². The molecule has 2 rings (SSSR count). The van der Waals surface area contributed by atoms with Gasteiger partial charge >= 0.3 is 0 Å². The van der Waals surface area contributed by atoms with E-state index < -0.39 is 0 Å². The van der Waals surface area contributed by atoms with Crippen LogP contribution in [-0.2, 0) is 0 Å². The predicted octanol–water partition coefficient (Wildman–Crippen LogP) is 5.24. The van der Waals surface area contributed by atoms with E-state index >= 15 is 0 Å². The second-order valence-corrected chi connectivity index (χ2v) is 6.22. The van der Waals surface area contributed by atoms with Crippen LogP contribution in [0.3, 0.4) is 0 Å². The van der Waals surface area contributed by atoms with Crippen LogP contribution in [0.25, 0.3) is 0 Å². The highest BCUT2D eigenvalue weighted by Crippen LogP contribution is 2.36. The summed E-state index contributed by atoms with van der Waals surface area (Å²) in [6, 6.07) is 9.00. The number of para-hydroxylation sites is 1. The van der Waals surface area contributed by atoms with E-state index in [1.54, 1.807) is 0 Å². The van der Waals surface area contributed by atoms with E-state index in [1.165, 1.54) is 50.5 Å². The molecule has 0 saturated heterocycles. The number of nitrogens with one attached hydrogen (secondary N) is 1. The van der Waals surface area contributed by atoms with Crippen molar-refractivity contribution in [1.82, 2.24) is 5.32 Å². The van der Waals surface area contributed by atoms with Crippen LogP contribution in [0.4, 0.5) is 0 Å². The highest BCUT2D eigenvalue weighted by Gasteiger charge is 2.27. The fourth-order valence-electron chi connectivity index (χ4n) is 3.16. The van der Waals surface area contributed by atoms with E-state index in [9.17, 15) is 0 Å². The van der Waals surface area contributed by atoms with Gasteiger partial charge in [0.05, 0.1) is 0 Å². The summed E-state index contributed by atoms with van der Waals surface area (Å²) in [5.41, 5.74) is 1.34. The van der Waals surface area contributed by atoms with Crippen molar-refractivity contribution in [3.63, 3.8) is 0 Å². The minimum atomic E-state index is 0.385. The summed E-state index contributed by atoms with van der Waals surface area (Å²) in [5.74, 6) is 1.09. The van der Waals surface area contributed by atoms with Crippen molar-refractivity contribution in [3.8, 4) is 5.75 Å². The van der Waals surface area contributed by atoms with E-state index in [1.807, 2.05) is 0 Å². The number of unbranched alkanes of at least 4 members (excludes halogenated alkanes) is 4. The van der Waals surface area contributed by atoms with Crippen molar-refractivity contribution in [1.29, 1.82) is 0 Å². The van der Waals surface area contributed by atoms with Gasteiger partial charge in [0.1, 0.15) is 11.9 Å². The topological polar surface area (TPSA) is 21.3 Å². The van der Waals surface area contributed by atoms with Crippen molar-refractivity contribution in [3.05, 3.63) is 29.8 Å². The summed E-state index contributed by atoms with van der Waals surface area (Å²) < 4.78 is 6.21. The molecule has 0 aromatic heterocycles. The molecular formula is C19H31NO. The van der Waals surface area contributed by atoms with Gasteiger partial charge in [-0.3, -0.25) is 0 Å². The lowest BCUT2D eigenvalue weighted by atomic mass is 9.93. The molecule has 1 aliphatic heterocycles. The molecule has 2 heteroatoms. The molecular weight excluding hydrogens is 258 g/mol. The molecule has 1 aromatic carbocycles. The lowest BCUT2D eigenvalue weighted by molar-refractivity contribution is 0.138. The SMILES string of the molecule is CCCCCCCC1CC(NCCC)c2ccccc2O1. The van der Waals surface area contributed by atoms with E-state index in [0.29, 0.717) is 12.1 Å². The lowest BCUT2D eigenvalue weighted by Gasteiger charge is -2.33. The quantitative estimate of drug-likeness (QED) is 0.628. The van der Waals surface area contributed by atoms with Gasteiger partial charge in [0, 0.05) is 18.0 Å². The number of hydrogen-bond acceptors (Lipinski definition) is 2. The Bertz CT molecular complexity index is 404. The maximum absolute atomic E-state index is 6.21. The van der Waals surface area contributed by atoms with Gasteiger partial charge in [-0.2, -0.15) is 0 Å². The van der Waals surface area contributed by atoms with E-state index in [0.717, 1.165) is 18.7 Å². The van der Waals surface area contributed by atoms with E-state index in [2.05, 4.69) is 43.4 Å². The maximum atomic E-state index is 6.21. The fraction of sp³-hybridized carbons (Fsp3) is 0.684. The van der Waals surface area contributed by atoms with Crippen LogP contribution in [0.2, 0.25) is 0 Å². The molecule has 0 amide bonds. The molecule has 2 nitrogen and oxygen atoms in total. The van der Waals surface area contributed by atoms with Crippen molar-refractivity contribution >= 4 is 0 Å². The van der Waals surface area contributed by atoms with Crippen molar-refractivity contribution in [2.45, 2.75) is 77.4 Å². The molecule has 2 atom stereocenters. The zero-order chi connectivity index (χ0) is 14.9. The third kappa shape index (κ3) is 5.03. The molecule has 1 N–H and O–H groups in total. The third-order valence-corrected chi connectivity index (χ3v) is 4.36. The maximum Gasteiger partial charge on any atom is 0.124 e. The molecule has 118 valence electrons. The smallest absolute Gasteiger partial charge is 0.124 e. The second-order valence-electron chi connectivity index (χ2n) is 6.22. The van der Waals surface area contributed by atoms with Crippen LogP contribution in [0.1, 0.15) is 76.8 Å². The van der Waals surface area contributed by atoms with Gasteiger partial charge in [-0.1, -0.05) is 57.7 Å². The molecule has 0 fully saturated rings. The molecule has 2 unspecified atom stereocenters. The van der Waals surface area contributed by atoms with Crippen molar-refractivity contribution in [2.75, 3.05) is 6.54 Å². The Labute approximate surface area is 130 Å². The van der Waals surface area contributed by atoms with Gasteiger partial charge in [0.25, 0.3) is 0 Å². The molecule has 0 aliphatic carbocycles. The van der Waals surface area contributed by atoms with E-state index in [4.69, 9.17) is 4.74 Å². The molecule has 1 aliphatic rings. The number of hydrogen-bond donors (Lipinski definition) is 1. The van der Waals surface area contributed by atoms with Gasteiger partial charge < -0.3 is 10.1 Å². The molecule has 0 bridgehead atoms. The highest BCUT2D eigenvalue weighted by molar-refractivity contribution is 5.37. The summed E-state index contributed by atoms with van der Waals surface area (Å²) in [6.45, 7) is 5.58.